The van der Waals surface area contributed by atoms with Gasteiger partial charge < -0.3 is 9.72 Å². The van der Waals surface area contributed by atoms with Crippen LogP contribution in [0.3, 0.4) is 0 Å². The Labute approximate surface area is 116 Å². The Morgan fingerprint density at radius 1 is 1.35 bits per heavy atom. The Hall–Kier alpha value is -2.62. The van der Waals surface area contributed by atoms with Gasteiger partial charge in [-0.3, -0.25) is 4.98 Å². The highest BCUT2D eigenvalue weighted by Crippen LogP contribution is 2.28. The number of rotatable bonds is 3. The number of pyridine rings is 1. The van der Waals surface area contributed by atoms with Crippen molar-refractivity contribution in [1.82, 2.24) is 9.97 Å². The van der Waals surface area contributed by atoms with Crippen molar-refractivity contribution in [2.75, 3.05) is 6.61 Å². The van der Waals surface area contributed by atoms with E-state index in [1.165, 1.54) is 0 Å². The van der Waals surface area contributed by atoms with E-state index in [-0.39, 0.29) is 5.97 Å². The lowest BCUT2D eigenvalue weighted by Crippen LogP contribution is -2.04. The Bertz CT molecular complexity index is 748. The van der Waals surface area contributed by atoms with Crippen LogP contribution in [-0.4, -0.2) is 22.5 Å². The third kappa shape index (κ3) is 2.16. The standard InChI is InChI=1S/C16H14N2O2/c1-2-20-16(19)11-5-6-15-13(8-11)14(10-18-15)12-4-3-7-17-9-12/h3-10,18H,2H2,1H3. The summed E-state index contributed by atoms with van der Waals surface area (Å²) in [6.45, 7) is 2.17. The SMILES string of the molecule is CCOC(=O)c1ccc2[nH]cc(-c3cccnc3)c2c1. The van der Waals surface area contributed by atoms with E-state index >= 15 is 0 Å². The van der Waals surface area contributed by atoms with Crippen LogP contribution in [0.5, 0.6) is 0 Å². The van der Waals surface area contributed by atoms with Crippen molar-refractivity contribution in [3.63, 3.8) is 0 Å². The first-order chi connectivity index (χ1) is 9.79. The molecule has 1 aromatic carbocycles. The van der Waals surface area contributed by atoms with Crippen molar-refractivity contribution in [2.24, 2.45) is 0 Å². The van der Waals surface area contributed by atoms with Crippen molar-refractivity contribution in [3.8, 4) is 11.1 Å². The van der Waals surface area contributed by atoms with Gasteiger partial charge in [0.05, 0.1) is 12.2 Å². The molecule has 0 radical (unpaired) electrons. The third-order valence-corrected chi connectivity index (χ3v) is 3.17. The number of hydrogen-bond acceptors (Lipinski definition) is 3. The molecule has 0 atom stereocenters. The van der Waals surface area contributed by atoms with Crippen LogP contribution in [0.2, 0.25) is 0 Å². The second kappa shape index (κ2) is 5.17. The van der Waals surface area contributed by atoms with E-state index in [9.17, 15) is 4.79 Å². The molecular weight excluding hydrogens is 252 g/mol. The number of carbonyl (C=O) groups excluding carboxylic acids is 1. The Morgan fingerprint density at radius 3 is 3.00 bits per heavy atom. The average Bonchev–Trinajstić information content (AvgIpc) is 2.91. The van der Waals surface area contributed by atoms with Gasteiger partial charge in [-0.2, -0.15) is 0 Å². The Morgan fingerprint density at radius 2 is 2.25 bits per heavy atom. The molecule has 0 aliphatic carbocycles. The summed E-state index contributed by atoms with van der Waals surface area (Å²) in [6.07, 6.45) is 5.47. The molecule has 0 saturated heterocycles. The smallest absolute Gasteiger partial charge is 0.338 e. The molecule has 100 valence electrons. The summed E-state index contributed by atoms with van der Waals surface area (Å²) >= 11 is 0. The predicted molar refractivity (Wildman–Crippen MR) is 77.5 cm³/mol. The first-order valence-electron chi connectivity index (χ1n) is 6.48. The van der Waals surface area contributed by atoms with E-state index in [0.29, 0.717) is 12.2 Å². The minimum Gasteiger partial charge on any atom is -0.462 e. The summed E-state index contributed by atoms with van der Waals surface area (Å²) in [5.41, 5.74) is 3.58. The van der Waals surface area contributed by atoms with E-state index in [0.717, 1.165) is 22.0 Å². The molecule has 2 heterocycles. The van der Waals surface area contributed by atoms with E-state index in [2.05, 4.69) is 9.97 Å². The van der Waals surface area contributed by atoms with Crippen molar-refractivity contribution in [2.45, 2.75) is 6.92 Å². The van der Waals surface area contributed by atoms with Gasteiger partial charge in [0.15, 0.2) is 0 Å². The molecule has 0 aliphatic rings. The first kappa shape index (κ1) is 12.4. The van der Waals surface area contributed by atoms with E-state index in [1.807, 2.05) is 30.5 Å². The van der Waals surface area contributed by atoms with Gasteiger partial charge in [-0.1, -0.05) is 6.07 Å². The topological polar surface area (TPSA) is 55.0 Å². The van der Waals surface area contributed by atoms with Crippen LogP contribution in [0.1, 0.15) is 17.3 Å². The number of aromatic nitrogens is 2. The summed E-state index contributed by atoms with van der Waals surface area (Å²) < 4.78 is 5.04. The van der Waals surface area contributed by atoms with Crippen molar-refractivity contribution in [3.05, 3.63) is 54.5 Å². The molecule has 0 unspecified atom stereocenters. The second-order valence-corrected chi connectivity index (χ2v) is 4.42. The van der Waals surface area contributed by atoms with Gasteiger partial charge in [0.2, 0.25) is 0 Å². The quantitative estimate of drug-likeness (QED) is 0.739. The van der Waals surface area contributed by atoms with Gasteiger partial charge in [-0.15, -0.1) is 0 Å². The number of carbonyl (C=O) groups is 1. The molecular formula is C16H14N2O2. The van der Waals surface area contributed by atoms with Crippen LogP contribution in [0.15, 0.2) is 48.9 Å². The zero-order chi connectivity index (χ0) is 13.9. The largest absolute Gasteiger partial charge is 0.462 e. The minimum absolute atomic E-state index is 0.298. The molecule has 20 heavy (non-hydrogen) atoms. The molecule has 0 fully saturated rings. The fraction of sp³-hybridized carbons (Fsp3) is 0.125. The molecule has 4 nitrogen and oxygen atoms in total. The predicted octanol–water partition coefficient (Wildman–Crippen LogP) is 3.41. The number of fused-ring (bicyclic) bond motifs is 1. The lowest BCUT2D eigenvalue weighted by atomic mass is 10.0. The summed E-state index contributed by atoms with van der Waals surface area (Å²) in [7, 11) is 0. The number of nitrogens with zero attached hydrogens (tertiary/aromatic N) is 1. The van der Waals surface area contributed by atoms with Crippen LogP contribution in [0.4, 0.5) is 0 Å². The summed E-state index contributed by atoms with van der Waals surface area (Å²) in [4.78, 5) is 19.1. The second-order valence-electron chi connectivity index (χ2n) is 4.42. The van der Waals surface area contributed by atoms with Crippen LogP contribution < -0.4 is 0 Å². The van der Waals surface area contributed by atoms with Gasteiger partial charge in [-0.05, 0) is 31.2 Å². The highest BCUT2D eigenvalue weighted by atomic mass is 16.5. The van der Waals surface area contributed by atoms with Crippen molar-refractivity contribution in [1.29, 1.82) is 0 Å². The number of nitrogens with one attached hydrogen (secondary N) is 1. The van der Waals surface area contributed by atoms with Gasteiger partial charge in [0, 0.05) is 40.6 Å². The lowest BCUT2D eigenvalue weighted by Gasteiger charge is -2.03. The third-order valence-electron chi connectivity index (χ3n) is 3.17. The molecule has 0 aliphatic heterocycles. The van der Waals surface area contributed by atoms with Crippen LogP contribution in [0.25, 0.3) is 22.0 Å². The van der Waals surface area contributed by atoms with E-state index in [1.54, 1.807) is 25.4 Å². The monoisotopic (exact) mass is 266 g/mol. The molecule has 2 aromatic heterocycles. The Kier molecular flexibility index (Phi) is 3.21. The fourth-order valence-electron chi connectivity index (χ4n) is 2.22. The minimum atomic E-state index is -0.298. The number of esters is 1. The Balaban J connectivity index is 2.11. The maximum Gasteiger partial charge on any atom is 0.338 e. The molecule has 0 saturated carbocycles. The number of H-pyrrole nitrogens is 1. The normalized spacial score (nSPS) is 10.7. The lowest BCUT2D eigenvalue weighted by molar-refractivity contribution is 0.0526. The number of aromatic amines is 1. The molecule has 1 N–H and O–H groups in total. The molecule has 3 rings (SSSR count). The first-order valence-corrected chi connectivity index (χ1v) is 6.48. The summed E-state index contributed by atoms with van der Waals surface area (Å²) in [6, 6.07) is 9.40. The maximum atomic E-state index is 11.8. The molecule has 0 amide bonds. The van der Waals surface area contributed by atoms with Crippen LogP contribution in [-0.2, 0) is 4.74 Å². The highest BCUT2D eigenvalue weighted by molar-refractivity contribution is 6.00. The number of benzene rings is 1. The van der Waals surface area contributed by atoms with Crippen molar-refractivity contribution >= 4 is 16.9 Å². The van der Waals surface area contributed by atoms with Gasteiger partial charge in [-0.25, -0.2) is 4.79 Å². The van der Waals surface area contributed by atoms with Gasteiger partial charge >= 0.3 is 5.97 Å². The zero-order valence-corrected chi connectivity index (χ0v) is 11.1. The highest BCUT2D eigenvalue weighted by Gasteiger charge is 2.11. The van der Waals surface area contributed by atoms with Crippen molar-refractivity contribution < 1.29 is 9.53 Å². The summed E-state index contributed by atoms with van der Waals surface area (Å²) in [5, 5.41) is 0.989. The van der Waals surface area contributed by atoms with E-state index in [4.69, 9.17) is 4.74 Å². The molecule has 3 aromatic rings. The average molecular weight is 266 g/mol. The number of ether oxygens (including phenoxy) is 1. The number of hydrogen-bond donors (Lipinski definition) is 1. The fourth-order valence-corrected chi connectivity index (χ4v) is 2.22. The van der Waals surface area contributed by atoms with Gasteiger partial charge in [0.25, 0.3) is 0 Å². The molecule has 0 spiro atoms. The molecule has 4 heteroatoms. The van der Waals surface area contributed by atoms with E-state index < -0.39 is 0 Å². The van der Waals surface area contributed by atoms with Crippen LogP contribution in [0, 0.1) is 0 Å². The van der Waals surface area contributed by atoms with Crippen LogP contribution >= 0.6 is 0 Å². The van der Waals surface area contributed by atoms with Gasteiger partial charge in [0.1, 0.15) is 0 Å². The molecule has 0 bridgehead atoms. The maximum absolute atomic E-state index is 11.8. The zero-order valence-electron chi connectivity index (χ0n) is 11.1. The summed E-state index contributed by atoms with van der Waals surface area (Å²) in [5.74, 6) is -0.298.